The highest BCUT2D eigenvalue weighted by Gasteiger charge is 2.18. The van der Waals surface area contributed by atoms with Crippen LogP contribution in [0, 0.1) is 6.42 Å². The van der Waals surface area contributed by atoms with Gasteiger partial charge in [-0.15, -0.1) is 0 Å². The van der Waals surface area contributed by atoms with Crippen LogP contribution in [-0.2, 0) is 9.53 Å². The predicted octanol–water partition coefficient (Wildman–Crippen LogP) is -0.268. The summed E-state index contributed by atoms with van der Waals surface area (Å²) in [7, 11) is 0. The minimum Gasteiger partial charge on any atom is -0.368 e. The van der Waals surface area contributed by atoms with Crippen molar-refractivity contribution in [1.82, 2.24) is 0 Å². The van der Waals surface area contributed by atoms with E-state index >= 15 is 0 Å². The van der Waals surface area contributed by atoms with E-state index in [-0.39, 0.29) is 5.91 Å². The molecule has 2 radical (unpaired) electrons. The van der Waals surface area contributed by atoms with Gasteiger partial charge < -0.3 is 10.5 Å². The van der Waals surface area contributed by atoms with Gasteiger partial charge in [-0.05, 0) is 19.3 Å². The van der Waals surface area contributed by atoms with Crippen LogP contribution >= 0.6 is 0 Å². The molecule has 2 N–H and O–H groups in total. The summed E-state index contributed by atoms with van der Waals surface area (Å²) in [6.45, 7) is 0.577. The lowest BCUT2D eigenvalue weighted by Gasteiger charge is -2.18. The Morgan fingerprint density at radius 1 is 1.78 bits per heavy atom. The van der Waals surface area contributed by atoms with Crippen molar-refractivity contribution in [2.24, 2.45) is 5.73 Å². The number of nitrogens with two attached hydrogens (primary N) is 1. The zero-order valence-electron chi connectivity index (χ0n) is 5.09. The summed E-state index contributed by atoms with van der Waals surface area (Å²) in [5.74, 6) is -0.387. The first kappa shape index (κ1) is 6.55. The number of primary amides is 1. The molecule has 1 saturated heterocycles. The molecule has 1 unspecified atom stereocenters. The van der Waals surface area contributed by atoms with Gasteiger partial charge in [0.15, 0.2) is 0 Å². The average Bonchev–Trinajstić information content (AvgIpc) is 1.90. The standard InChI is InChI=1S/C6H9NO2/c7-6(8)5-3-1-2-4-9-5/h5H,2-4H2,(H2,7,8). The van der Waals surface area contributed by atoms with Crippen LogP contribution in [-0.4, -0.2) is 18.6 Å². The van der Waals surface area contributed by atoms with Crippen molar-refractivity contribution in [3.63, 3.8) is 0 Å². The van der Waals surface area contributed by atoms with Crippen LogP contribution in [0.25, 0.3) is 0 Å². The second kappa shape index (κ2) is 2.82. The van der Waals surface area contributed by atoms with E-state index in [4.69, 9.17) is 10.5 Å². The molecule has 1 rings (SSSR count). The number of ether oxygens (including phenoxy) is 1. The van der Waals surface area contributed by atoms with Crippen LogP contribution < -0.4 is 5.73 Å². The number of hydrogen-bond acceptors (Lipinski definition) is 2. The molecule has 0 aromatic rings. The molecule has 3 heteroatoms. The van der Waals surface area contributed by atoms with Gasteiger partial charge in [0.25, 0.3) is 0 Å². The summed E-state index contributed by atoms with van der Waals surface area (Å²) in [6.07, 6.45) is 3.93. The zero-order chi connectivity index (χ0) is 6.69. The Balaban J connectivity index is 2.31. The van der Waals surface area contributed by atoms with Crippen molar-refractivity contribution in [1.29, 1.82) is 0 Å². The fourth-order valence-corrected chi connectivity index (χ4v) is 0.748. The van der Waals surface area contributed by atoms with Crippen molar-refractivity contribution in [3.05, 3.63) is 6.42 Å². The number of carbonyl (C=O) groups excluding carboxylic acids is 1. The third-order valence-electron chi connectivity index (χ3n) is 1.24. The SMILES string of the molecule is NC(=O)C1C[C]CCO1. The van der Waals surface area contributed by atoms with E-state index in [2.05, 4.69) is 6.42 Å². The van der Waals surface area contributed by atoms with Crippen LogP contribution in [0.15, 0.2) is 0 Å². The third-order valence-corrected chi connectivity index (χ3v) is 1.24. The first-order valence-corrected chi connectivity index (χ1v) is 2.92. The molecule has 50 valence electrons. The first-order chi connectivity index (χ1) is 4.30. The summed E-state index contributed by atoms with van der Waals surface area (Å²) in [5, 5.41) is 0. The Morgan fingerprint density at radius 2 is 2.56 bits per heavy atom. The van der Waals surface area contributed by atoms with Gasteiger partial charge in [-0.25, -0.2) is 0 Å². The largest absolute Gasteiger partial charge is 0.368 e. The minimum absolute atomic E-state index is 0.387. The van der Waals surface area contributed by atoms with E-state index in [0.717, 1.165) is 6.42 Å². The maximum absolute atomic E-state index is 10.4. The van der Waals surface area contributed by atoms with Crippen molar-refractivity contribution < 1.29 is 9.53 Å². The van der Waals surface area contributed by atoms with Gasteiger partial charge in [-0.3, -0.25) is 4.79 Å². The molecular formula is C6H9NO2. The van der Waals surface area contributed by atoms with Crippen LogP contribution in [0.2, 0.25) is 0 Å². The lowest BCUT2D eigenvalue weighted by molar-refractivity contribution is -0.130. The second-order valence-corrected chi connectivity index (χ2v) is 1.97. The summed E-state index contributed by atoms with van der Waals surface area (Å²) in [4.78, 5) is 10.4. The van der Waals surface area contributed by atoms with Crippen LogP contribution in [0.3, 0.4) is 0 Å². The van der Waals surface area contributed by atoms with Crippen LogP contribution in [0.4, 0.5) is 0 Å². The van der Waals surface area contributed by atoms with E-state index in [1.54, 1.807) is 0 Å². The van der Waals surface area contributed by atoms with Gasteiger partial charge in [0.2, 0.25) is 5.91 Å². The second-order valence-electron chi connectivity index (χ2n) is 1.97. The predicted molar refractivity (Wildman–Crippen MR) is 31.4 cm³/mol. The lowest BCUT2D eigenvalue weighted by Crippen LogP contribution is -2.33. The molecule has 1 aliphatic heterocycles. The number of amides is 1. The fraction of sp³-hybridized carbons (Fsp3) is 0.667. The Kier molecular flexibility index (Phi) is 2.05. The highest BCUT2D eigenvalue weighted by Crippen LogP contribution is 2.10. The third kappa shape index (κ3) is 1.68. The number of rotatable bonds is 1. The molecule has 1 amide bonds. The molecule has 0 aliphatic carbocycles. The molecule has 1 fully saturated rings. The van der Waals surface area contributed by atoms with Gasteiger partial charge >= 0.3 is 0 Å². The number of hydrogen-bond donors (Lipinski definition) is 1. The molecule has 0 aromatic heterocycles. The molecule has 3 nitrogen and oxygen atoms in total. The maximum Gasteiger partial charge on any atom is 0.246 e. The summed E-state index contributed by atoms with van der Waals surface area (Å²) >= 11 is 0. The molecule has 9 heavy (non-hydrogen) atoms. The molecule has 0 saturated carbocycles. The van der Waals surface area contributed by atoms with Crippen molar-refractivity contribution in [2.75, 3.05) is 6.61 Å². The quantitative estimate of drug-likeness (QED) is 0.527. The monoisotopic (exact) mass is 127 g/mol. The summed E-state index contributed by atoms with van der Waals surface area (Å²) in [6, 6.07) is 0. The zero-order valence-corrected chi connectivity index (χ0v) is 5.09. The Morgan fingerprint density at radius 3 is 2.89 bits per heavy atom. The van der Waals surface area contributed by atoms with E-state index in [9.17, 15) is 4.79 Å². The van der Waals surface area contributed by atoms with E-state index < -0.39 is 6.10 Å². The Labute approximate surface area is 54.2 Å². The fourth-order valence-electron chi connectivity index (χ4n) is 0.748. The van der Waals surface area contributed by atoms with Crippen LogP contribution in [0.1, 0.15) is 12.8 Å². The molecule has 0 aromatic carbocycles. The van der Waals surface area contributed by atoms with Crippen LogP contribution in [0.5, 0.6) is 0 Å². The highest BCUT2D eigenvalue weighted by molar-refractivity contribution is 5.79. The average molecular weight is 127 g/mol. The topological polar surface area (TPSA) is 52.3 Å². The molecule has 1 heterocycles. The number of carbonyl (C=O) groups is 1. The van der Waals surface area contributed by atoms with E-state index in [1.165, 1.54) is 0 Å². The summed E-state index contributed by atoms with van der Waals surface area (Å²) < 4.78 is 5.00. The molecule has 0 bridgehead atoms. The molecule has 1 atom stereocenters. The molecule has 0 spiro atoms. The lowest BCUT2D eigenvalue weighted by atomic mass is 10.1. The summed E-state index contributed by atoms with van der Waals surface area (Å²) in [5.41, 5.74) is 4.96. The van der Waals surface area contributed by atoms with Crippen molar-refractivity contribution >= 4 is 5.91 Å². The Hall–Kier alpha value is -0.570. The maximum atomic E-state index is 10.4. The van der Waals surface area contributed by atoms with Gasteiger partial charge in [-0.2, -0.15) is 0 Å². The van der Waals surface area contributed by atoms with Crippen molar-refractivity contribution in [2.45, 2.75) is 18.9 Å². The smallest absolute Gasteiger partial charge is 0.246 e. The van der Waals surface area contributed by atoms with E-state index in [0.29, 0.717) is 13.0 Å². The van der Waals surface area contributed by atoms with Gasteiger partial charge in [0.1, 0.15) is 6.10 Å². The minimum atomic E-state index is -0.418. The van der Waals surface area contributed by atoms with E-state index in [1.807, 2.05) is 0 Å². The van der Waals surface area contributed by atoms with Gasteiger partial charge in [-0.1, -0.05) is 0 Å². The molecule has 1 aliphatic rings. The Bertz CT molecular complexity index is 108. The molecular weight excluding hydrogens is 118 g/mol. The van der Waals surface area contributed by atoms with Gasteiger partial charge in [0.05, 0.1) is 0 Å². The highest BCUT2D eigenvalue weighted by atomic mass is 16.5. The van der Waals surface area contributed by atoms with Crippen molar-refractivity contribution in [3.8, 4) is 0 Å². The normalized spacial score (nSPS) is 27.8. The first-order valence-electron chi connectivity index (χ1n) is 2.92. The van der Waals surface area contributed by atoms with Gasteiger partial charge in [0, 0.05) is 6.61 Å².